The quantitative estimate of drug-likeness (QED) is 0.727. The van der Waals surface area contributed by atoms with Crippen molar-refractivity contribution in [3.8, 4) is 0 Å². The van der Waals surface area contributed by atoms with Crippen LogP contribution in [0.5, 0.6) is 0 Å². The molecule has 0 N–H and O–H groups in total. The van der Waals surface area contributed by atoms with Crippen LogP contribution in [0.3, 0.4) is 0 Å². The highest BCUT2D eigenvalue weighted by Gasteiger charge is 2.39. The van der Waals surface area contributed by atoms with Crippen molar-refractivity contribution in [2.24, 2.45) is 5.41 Å². The van der Waals surface area contributed by atoms with Gasteiger partial charge in [-0.25, -0.2) is 9.97 Å². The lowest BCUT2D eigenvalue weighted by Crippen LogP contribution is -2.29. The van der Waals surface area contributed by atoms with Crippen molar-refractivity contribution in [2.45, 2.75) is 45.4 Å². The molecule has 0 amide bonds. The van der Waals surface area contributed by atoms with Gasteiger partial charge in [-0.3, -0.25) is 0 Å². The summed E-state index contributed by atoms with van der Waals surface area (Å²) in [7, 11) is 0. The molecule has 0 radical (unpaired) electrons. The molecule has 1 aliphatic carbocycles. The lowest BCUT2D eigenvalue weighted by molar-refractivity contribution is 0.219. The first-order chi connectivity index (χ1) is 8.67. The molecule has 0 atom stereocenters. The van der Waals surface area contributed by atoms with Crippen LogP contribution in [0.25, 0.3) is 0 Å². The maximum Gasteiger partial charge on any atom is 0.224 e. The van der Waals surface area contributed by atoms with Crippen molar-refractivity contribution < 1.29 is 0 Å². The summed E-state index contributed by atoms with van der Waals surface area (Å²) < 4.78 is 0. The summed E-state index contributed by atoms with van der Waals surface area (Å²) in [5, 5.41) is 0.370. The van der Waals surface area contributed by atoms with Gasteiger partial charge >= 0.3 is 0 Å². The monoisotopic (exact) mass is 265 g/mol. The van der Waals surface area contributed by atoms with Crippen molar-refractivity contribution >= 4 is 17.4 Å². The second-order valence-electron chi connectivity index (χ2n) is 5.87. The SMILES string of the molecule is Cc1cc(N2CCC3(CCCCC3)C2)nc(Cl)n1. The second kappa shape index (κ2) is 4.69. The zero-order chi connectivity index (χ0) is 12.6. The van der Waals surface area contributed by atoms with Crippen molar-refractivity contribution in [3.05, 3.63) is 17.0 Å². The molecule has 18 heavy (non-hydrogen) atoms. The predicted octanol–water partition coefficient (Wildman–Crippen LogP) is 3.60. The summed E-state index contributed by atoms with van der Waals surface area (Å²) in [5.41, 5.74) is 1.51. The number of hydrogen-bond acceptors (Lipinski definition) is 3. The molecule has 1 aromatic heterocycles. The van der Waals surface area contributed by atoms with E-state index >= 15 is 0 Å². The number of hydrogen-bond donors (Lipinski definition) is 0. The Morgan fingerprint density at radius 2 is 1.94 bits per heavy atom. The third-order valence-electron chi connectivity index (χ3n) is 4.49. The minimum atomic E-state index is 0.370. The Morgan fingerprint density at radius 1 is 1.17 bits per heavy atom. The fraction of sp³-hybridized carbons (Fsp3) is 0.714. The highest BCUT2D eigenvalue weighted by Crippen LogP contribution is 2.44. The van der Waals surface area contributed by atoms with Crippen LogP contribution in [0.15, 0.2) is 6.07 Å². The van der Waals surface area contributed by atoms with Crippen LogP contribution in [0, 0.1) is 12.3 Å². The minimum Gasteiger partial charge on any atom is -0.356 e. The molecular formula is C14H20ClN3. The van der Waals surface area contributed by atoms with E-state index in [1.807, 2.05) is 13.0 Å². The first-order valence-electron chi connectivity index (χ1n) is 6.93. The molecule has 1 saturated carbocycles. The molecule has 2 aliphatic rings. The number of rotatable bonds is 1. The van der Waals surface area contributed by atoms with E-state index in [4.69, 9.17) is 11.6 Å². The molecule has 1 aliphatic heterocycles. The van der Waals surface area contributed by atoms with Gasteiger partial charge in [-0.1, -0.05) is 19.3 Å². The maximum atomic E-state index is 5.96. The van der Waals surface area contributed by atoms with E-state index in [1.54, 1.807) is 0 Å². The molecule has 0 aromatic carbocycles. The fourth-order valence-corrected chi connectivity index (χ4v) is 3.74. The summed E-state index contributed by atoms with van der Waals surface area (Å²) in [6, 6.07) is 2.05. The Kier molecular flexibility index (Phi) is 3.18. The van der Waals surface area contributed by atoms with Crippen LogP contribution in [0.1, 0.15) is 44.2 Å². The number of anilines is 1. The molecule has 2 fully saturated rings. The molecule has 1 saturated heterocycles. The first kappa shape index (κ1) is 12.2. The molecule has 0 unspecified atom stereocenters. The Labute approximate surface area is 114 Å². The Bertz CT molecular complexity index is 420. The number of aromatic nitrogens is 2. The van der Waals surface area contributed by atoms with Gasteiger partial charge in [-0.2, -0.15) is 0 Å². The molecule has 4 heteroatoms. The maximum absolute atomic E-state index is 5.96. The highest BCUT2D eigenvalue weighted by molar-refractivity contribution is 6.28. The first-order valence-corrected chi connectivity index (χ1v) is 7.31. The van der Waals surface area contributed by atoms with E-state index in [0.29, 0.717) is 10.7 Å². The van der Waals surface area contributed by atoms with Gasteiger partial charge in [0, 0.05) is 24.8 Å². The third kappa shape index (κ3) is 2.33. The molecule has 3 nitrogen and oxygen atoms in total. The standard InChI is InChI=1S/C14H20ClN3/c1-11-9-12(17-13(15)16-11)18-8-7-14(10-18)5-3-2-4-6-14/h9H,2-8,10H2,1H3. The second-order valence-corrected chi connectivity index (χ2v) is 6.21. The van der Waals surface area contributed by atoms with Crippen LogP contribution < -0.4 is 4.90 Å². The van der Waals surface area contributed by atoms with E-state index in [-0.39, 0.29) is 0 Å². The Balaban J connectivity index is 1.78. The van der Waals surface area contributed by atoms with Crippen LogP contribution in [-0.4, -0.2) is 23.1 Å². The molecule has 1 aromatic rings. The Morgan fingerprint density at radius 3 is 2.67 bits per heavy atom. The van der Waals surface area contributed by atoms with E-state index in [2.05, 4.69) is 14.9 Å². The molecule has 2 heterocycles. The highest BCUT2D eigenvalue weighted by atomic mass is 35.5. The van der Waals surface area contributed by atoms with E-state index in [0.717, 1.165) is 24.6 Å². The smallest absolute Gasteiger partial charge is 0.224 e. The van der Waals surface area contributed by atoms with Crippen LogP contribution in [0.4, 0.5) is 5.82 Å². The van der Waals surface area contributed by atoms with Gasteiger partial charge in [-0.15, -0.1) is 0 Å². The normalized spacial score (nSPS) is 22.7. The van der Waals surface area contributed by atoms with Crippen molar-refractivity contribution in [1.82, 2.24) is 9.97 Å². The summed E-state index contributed by atoms with van der Waals surface area (Å²) in [6.45, 7) is 4.25. The van der Waals surface area contributed by atoms with E-state index < -0.39 is 0 Å². The number of halogens is 1. The molecule has 3 rings (SSSR count). The summed E-state index contributed by atoms with van der Waals surface area (Å²) >= 11 is 5.96. The van der Waals surface area contributed by atoms with Crippen LogP contribution in [0.2, 0.25) is 5.28 Å². The van der Waals surface area contributed by atoms with Crippen LogP contribution >= 0.6 is 11.6 Å². The molecule has 0 bridgehead atoms. The summed E-state index contributed by atoms with van der Waals surface area (Å²) in [4.78, 5) is 10.9. The predicted molar refractivity (Wildman–Crippen MR) is 74.1 cm³/mol. The zero-order valence-electron chi connectivity index (χ0n) is 11.0. The third-order valence-corrected chi connectivity index (χ3v) is 4.66. The lowest BCUT2D eigenvalue weighted by Gasteiger charge is -2.33. The van der Waals surface area contributed by atoms with Gasteiger partial charge < -0.3 is 4.90 Å². The largest absolute Gasteiger partial charge is 0.356 e. The summed E-state index contributed by atoms with van der Waals surface area (Å²) in [6.07, 6.45) is 8.31. The van der Waals surface area contributed by atoms with Crippen LogP contribution in [-0.2, 0) is 0 Å². The molecule has 1 spiro atoms. The van der Waals surface area contributed by atoms with Gasteiger partial charge in [0.2, 0.25) is 5.28 Å². The average molecular weight is 266 g/mol. The van der Waals surface area contributed by atoms with Gasteiger partial charge in [0.1, 0.15) is 5.82 Å². The lowest BCUT2D eigenvalue weighted by atomic mass is 9.73. The topological polar surface area (TPSA) is 29.0 Å². The van der Waals surface area contributed by atoms with E-state index in [1.165, 1.54) is 38.5 Å². The van der Waals surface area contributed by atoms with E-state index in [9.17, 15) is 0 Å². The number of nitrogens with zero attached hydrogens (tertiary/aromatic N) is 3. The van der Waals surface area contributed by atoms with Gasteiger partial charge in [0.05, 0.1) is 0 Å². The average Bonchev–Trinajstić information content (AvgIpc) is 2.73. The minimum absolute atomic E-state index is 0.370. The summed E-state index contributed by atoms with van der Waals surface area (Å²) in [5.74, 6) is 1.01. The fourth-order valence-electron chi connectivity index (χ4n) is 3.52. The zero-order valence-corrected chi connectivity index (χ0v) is 11.7. The van der Waals surface area contributed by atoms with Crippen molar-refractivity contribution in [1.29, 1.82) is 0 Å². The van der Waals surface area contributed by atoms with Gasteiger partial charge in [0.25, 0.3) is 0 Å². The molecular weight excluding hydrogens is 246 g/mol. The van der Waals surface area contributed by atoms with Gasteiger partial charge in [0.15, 0.2) is 0 Å². The van der Waals surface area contributed by atoms with Crippen molar-refractivity contribution in [3.63, 3.8) is 0 Å². The molecule has 98 valence electrons. The van der Waals surface area contributed by atoms with Gasteiger partial charge in [-0.05, 0) is 43.2 Å². The number of aryl methyl sites for hydroxylation is 1. The Hall–Kier alpha value is -0.830. The van der Waals surface area contributed by atoms with Crippen molar-refractivity contribution in [2.75, 3.05) is 18.0 Å².